The van der Waals surface area contributed by atoms with Crippen molar-refractivity contribution in [3.05, 3.63) is 34.9 Å². The number of halogens is 1. The monoisotopic (exact) mass is 327 g/mol. The SMILES string of the molecule is CCOC(=O)CNC(C)CC(C)OC(=O)c1cccc(Cl)c1. The van der Waals surface area contributed by atoms with Gasteiger partial charge in [-0.2, -0.15) is 0 Å². The highest BCUT2D eigenvalue weighted by Gasteiger charge is 2.15. The summed E-state index contributed by atoms with van der Waals surface area (Å²) in [5.41, 5.74) is 0.423. The zero-order valence-corrected chi connectivity index (χ0v) is 13.9. The standard InChI is InChI=1S/C16H22ClNO4/c1-4-21-15(19)10-18-11(2)8-12(3)22-16(20)13-6-5-7-14(17)9-13/h5-7,9,11-12,18H,4,8,10H2,1-3H3. The Balaban J connectivity index is 2.37. The van der Waals surface area contributed by atoms with E-state index in [1.54, 1.807) is 31.2 Å². The topological polar surface area (TPSA) is 64.6 Å². The van der Waals surface area contributed by atoms with Crippen LogP contribution in [0.4, 0.5) is 0 Å². The fourth-order valence-electron chi connectivity index (χ4n) is 1.97. The Hall–Kier alpha value is -1.59. The van der Waals surface area contributed by atoms with Gasteiger partial charge in [0.1, 0.15) is 6.10 Å². The predicted molar refractivity (Wildman–Crippen MR) is 85.0 cm³/mol. The lowest BCUT2D eigenvalue weighted by Gasteiger charge is -2.19. The summed E-state index contributed by atoms with van der Waals surface area (Å²) in [4.78, 5) is 23.2. The number of rotatable bonds is 8. The first-order chi connectivity index (χ1) is 10.4. The van der Waals surface area contributed by atoms with E-state index in [4.69, 9.17) is 21.1 Å². The molecule has 0 fully saturated rings. The van der Waals surface area contributed by atoms with Gasteiger partial charge in [-0.05, 0) is 45.4 Å². The van der Waals surface area contributed by atoms with Gasteiger partial charge >= 0.3 is 11.9 Å². The first-order valence-electron chi connectivity index (χ1n) is 7.28. The Labute approximate surface area is 135 Å². The molecule has 0 radical (unpaired) electrons. The summed E-state index contributed by atoms with van der Waals surface area (Å²) in [5, 5.41) is 3.53. The number of hydrogen-bond donors (Lipinski definition) is 1. The lowest BCUT2D eigenvalue weighted by Crippen LogP contribution is -2.35. The third kappa shape index (κ3) is 6.91. The molecular formula is C16H22ClNO4. The van der Waals surface area contributed by atoms with Gasteiger partial charge in [0.25, 0.3) is 0 Å². The number of ether oxygens (including phenoxy) is 2. The maximum Gasteiger partial charge on any atom is 0.338 e. The second kappa shape index (κ2) is 9.43. The molecule has 2 atom stereocenters. The zero-order chi connectivity index (χ0) is 16.5. The normalized spacial score (nSPS) is 13.3. The molecule has 1 rings (SSSR count). The van der Waals surface area contributed by atoms with E-state index in [1.165, 1.54) is 0 Å². The van der Waals surface area contributed by atoms with Crippen LogP contribution >= 0.6 is 11.6 Å². The second-order valence-electron chi connectivity index (χ2n) is 5.05. The van der Waals surface area contributed by atoms with Gasteiger partial charge < -0.3 is 14.8 Å². The van der Waals surface area contributed by atoms with Crippen LogP contribution in [-0.2, 0) is 14.3 Å². The highest BCUT2D eigenvalue weighted by Crippen LogP contribution is 2.13. The molecule has 1 aromatic carbocycles. The lowest BCUT2D eigenvalue weighted by atomic mass is 10.1. The molecule has 2 unspecified atom stereocenters. The van der Waals surface area contributed by atoms with E-state index in [2.05, 4.69) is 5.32 Å². The third-order valence-corrected chi connectivity index (χ3v) is 3.19. The maximum atomic E-state index is 12.0. The zero-order valence-electron chi connectivity index (χ0n) is 13.1. The number of hydrogen-bond acceptors (Lipinski definition) is 5. The van der Waals surface area contributed by atoms with Crippen LogP contribution < -0.4 is 5.32 Å². The minimum atomic E-state index is -0.410. The largest absolute Gasteiger partial charge is 0.465 e. The molecule has 0 aliphatic heterocycles. The number of esters is 2. The highest BCUT2D eigenvalue weighted by molar-refractivity contribution is 6.30. The van der Waals surface area contributed by atoms with Crippen molar-refractivity contribution in [2.75, 3.05) is 13.2 Å². The van der Waals surface area contributed by atoms with E-state index in [0.717, 1.165) is 0 Å². The molecule has 22 heavy (non-hydrogen) atoms. The Bertz CT molecular complexity index is 507. The summed E-state index contributed by atoms with van der Waals surface area (Å²) in [6.07, 6.45) is 0.308. The summed E-state index contributed by atoms with van der Waals surface area (Å²) >= 11 is 5.84. The van der Waals surface area contributed by atoms with Crippen LogP contribution in [0.3, 0.4) is 0 Å². The molecule has 0 aromatic heterocycles. The van der Waals surface area contributed by atoms with Crippen molar-refractivity contribution in [3.8, 4) is 0 Å². The lowest BCUT2D eigenvalue weighted by molar-refractivity contribution is -0.142. The van der Waals surface area contributed by atoms with E-state index < -0.39 is 5.97 Å². The van der Waals surface area contributed by atoms with Crippen molar-refractivity contribution in [2.45, 2.75) is 39.3 Å². The summed E-state index contributed by atoms with van der Waals surface area (Å²) in [6, 6.07) is 6.64. The van der Waals surface area contributed by atoms with E-state index in [0.29, 0.717) is 23.6 Å². The summed E-state index contributed by atoms with van der Waals surface area (Å²) in [6.45, 7) is 6.00. The molecule has 0 saturated heterocycles. The van der Waals surface area contributed by atoms with Gasteiger partial charge in [0.05, 0.1) is 18.7 Å². The summed E-state index contributed by atoms with van der Waals surface area (Å²) < 4.78 is 10.2. The quantitative estimate of drug-likeness (QED) is 0.744. The van der Waals surface area contributed by atoms with Crippen molar-refractivity contribution in [3.63, 3.8) is 0 Å². The van der Waals surface area contributed by atoms with Gasteiger partial charge in [-0.3, -0.25) is 4.79 Å². The van der Waals surface area contributed by atoms with Crippen LogP contribution in [0.15, 0.2) is 24.3 Å². The van der Waals surface area contributed by atoms with Crippen LogP contribution in [0.2, 0.25) is 5.02 Å². The molecule has 0 aliphatic carbocycles. The molecule has 0 saturated carbocycles. The van der Waals surface area contributed by atoms with Crippen molar-refractivity contribution >= 4 is 23.5 Å². The van der Waals surface area contributed by atoms with E-state index in [-0.39, 0.29) is 24.7 Å². The minimum absolute atomic E-state index is 0.0200. The van der Waals surface area contributed by atoms with Crippen molar-refractivity contribution in [1.29, 1.82) is 0 Å². The Kier molecular flexibility index (Phi) is 7.91. The third-order valence-electron chi connectivity index (χ3n) is 2.95. The Morgan fingerprint density at radius 3 is 2.68 bits per heavy atom. The molecular weight excluding hydrogens is 306 g/mol. The summed E-state index contributed by atoms with van der Waals surface area (Å²) in [5.74, 6) is -0.703. The van der Waals surface area contributed by atoms with Crippen LogP contribution in [0.25, 0.3) is 0 Å². The molecule has 5 nitrogen and oxygen atoms in total. The molecule has 1 aromatic rings. The van der Waals surface area contributed by atoms with Crippen LogP contribution in [0, 0.1) is 0 Å². The molecule has 0 spiro atoms. The van der Waals surface area contributed by atoms with E-state index in [1.807, 2.05) is 13.8 Å². The second-order valence-corrected chi connectivity index (χ2v) is 5.49. The van der Waals surface area contributed by atoms with Crippen LogP contribution in [-0.4, -0.2) is 37.2 Å². The molecule has 1 N–H and O–H groups in total. The molecule has 0 bridgehead atoms. The fourth-order valence-corrected chi connectivity index (χ4v) is 2.16. The Morgan fingerprint density at radius 1 is 1.32 bits per heavy atom. The molecule has 6 heteroatoms. The van der Waals surface area contributed by atoms with Gasteiger partial charge in [0.15, 0.2) is 0 Å². The van der Waals surface area contributed by atoms with E-state index >= 15 is 0 Å². The summed E-state index contributed by atoms with van der Waals surface area (Å²) in [7, 11) is 0. The van der Waals surface area contributed by atoms with Gasteiger partial charge in [0, 0.05) is 11.1 Å². The first kappa shape index (κ1) is 18.5. The maximum absolute atomic E-state index is 12.0. The van der Waals surface area contributed by atoms with Crippen LogP contribution in [0.1, 0.15) is 37.6 Å². The first-order valence-corrected chi connectivity index (χ1v) is 7.65. The van der Waals surface area contributed by atoms with Crippen molar-refractivity contribution in [1.82, 2.24) is 5.32 Å². The smallest absolute Gasteiger partial charge is 0.338 e. The fraction of sp³-hybridized carbons (Fsp3) is 0.500. The number of benzene rings is 1. The average molecular weight is 328 g/mol. The van der Waals surface area contributed by atoms with Gasteiger partial charge in [0.2, 0.25) is 0 Å². The Morgan fingerprint density at radius 2 is 2.05 bits per heavy atom. The van der Waals surface area contributed by atoms with Gasteiger partial charge in [-0.25, -0.2) is 4.79 Å². The van der Waals surface area contributed by atoms with Crippen LogP contribution in [0.5, 0.6) is 0 Å². The van der Waals surface area contributed by atoms with Gasteiger partial charge in [-0.15, -0.1) is 0 Å². The molecule has 0 aliphatic rings. The van der Waals surface area contributed by atoms with E-state index in [9.17, 15) is 9.59 Å². The molecule has 0 heterocycles. The average Bonchev–Trinajstić information content (AvgIpc) is 2.45. The minimum Gasteiger partial charge on any atom is -0.465 e. The highest BCUT2D eigenvalue weighted by atomic mass is 35.5. The van der Waals surface area contributed by atoms with Gasteiger partial charge in [-0.1, -0.05) is 17.7 Å². The number of carbonyl (C=O) groups excluding carboxylic acids is 2. The molecule has 0 amide bonds. The number of carbonyl (C=O) groups is 2. The van der Waals surface area contributed by atoms with Crippen molar-refractivity contribution < 1.29 is 19.1 Å². The predicted octanol–water partition coefficient (Wildman–Crippen LogP) is 2.82. The number of nitrogens with one attached hydrogen (secondary N) is 1. The van der Waals surface area contributed by atoms with Crippen molar-refractivity contribution in [2.24, 2.45) is 0 Å². The molecule has 122 valence electrons.